The van der Waals surface area contributed by atoms with Gasteiger partial charge >= 0.3 is 22.1 Å². The van der Waals surface area contributed by atoms with E-state index in [1.165, 1.54) is 19.2 Å². The lowest BCUT2D eigenvalue weighted by Gasteiger charge is -2.18. The fraction of sp³-hybridized carbons (Fsp3) is 0.333. The highest BCUT2D eigenvalue weighted by atomic mass is 32.2. The van der Waals surface area contributed by atoms with Crippen molar-refractivity contribution < 1.29 is 31.7 Å². The Balaban J connectivity index is 1.79. The summed E-state index contributed by atoms with van der Waals surface area (Å²) in [7, 11) is -2.84. The molecule has 0 saturated heterocycles. The van der Waals surface area contributed by atoms with E-state index in [2.05, 4.69) is 6.58 Å². The molecule has 2 aliphatic rings. The predicted molar refractivity (Wildman–Crippen MR) is 131 cm³/mol. The maximum Gasteiger partial charge on any atom is 0.342 e. The molecular formula is C27H28O7S. The molecule has 2 aromatic rings. The van der Waals surface area contributed by atoms with Crippen molar-refractivity contribution in [2.75, 3.05) is 7.11 Å². The number of hydrogen-bond donors (Lipinski definition) is 0. The molecule has 0 N–H and O–H groups in total. The van der Waals surface area contributed by atoms with E-state index in [0.717, 1.165) is 23.1 Å². The third kappa shape index (κ3) is 4.75. The molecule has 1 aliphatic heterocycles. The van der Waals surface area contributed by atoms with Gasteiger partial charge in [0.05, 0.1) is 13.0 Å². The first kappa shape index (κ1) is 24.7. The summed E-state index contributed by atoms with van der Waals surface area (Å²) in [4.78, 5) is 24.6. The molecule has 0 bridgehead atoms. The summed E-state index contributed by atoms with van der Waals surface area (Å²) in [6.07, 6.45) is 5.96. The van der Waals surface area contributed by atoms with Gasteiger partial charge in [0.15, 0.2) is 5.75 Å². The Morgan fingerprint density at radius 3 is 2.60 bits per heavy atom. The highest BCUT2D eigenvalue weighted by Gasteiger charge is 2.35. The summed E-state index contributed by atoms with van der Waals surface area (Å²) >= 11 is 0. The van der Waals surface area contributed by atoms with Gasteiger partial charge in [0.2, 0.25) is 0 Å². The van der Waals surface area contributed by atoms with Crippen LogP contribution >= 0.6 is 0 Å². The monoisotopic (exact) mass is 496 g/mol. The molecular weight excluding hydrogens is 468 g/mol. The maximum absolute atomic E-state index is 13.2. The number of allylic oxidation sites excluding steroid dienone is 2. The maximum atomic E-state index is 13.2. The van der Waals surface area contributed by atoms with Crippen LogP contribution in [0.2, 0.25) is 0 Å². The van der Waals surface area contributed by atoms with Gasteiger partial charge in [-0.05, 0) is 62.8 Å². The Bertz CT molecular complexity index is 1330. The van der Waals surface area contributed by atoms with E-state index in [1.807, 2.05) is 19.9 Å². The van der Waals surface area contributed by atoms with Gasteiger partial charge in [-0.2, -0.15) is 8.42 Å². The lowest BCUT2D eigenvalue weighted by Crippen LogP contribution is -2.15. The van der Waals surface area contributed by atoms with Crippen LogP contribution < -0.4 is 4.18 Å². The summed E-state index contributed by atoms with van der Waals surface area (Å²) in [5.74, 6) is -1.06. The fourth-order valence-corrected chi connectivity index (χ4v) is 5.68. The Hall–Kier alpha value is -3.39. The highest BCUT2D eigenvalue weighted by molar-refractivity contribution is 7.87. The summed E-state index contributed by atoms with van der Waals surface area (Å²) in [6, 6.07) is 6.31. The molecule has 4 rings (SSSR count). The number of ether oxygens (including phenoxy) is 2. The second-order valence-corrected chi connectivity index (χ2v) is 10.4. The lowest BCUT2D eigenvalue weighted by molar-refractivity contribution is -0.145. The fourth-order valence-electron chi connectivity index (χ4n) is 4.71. The molecule has 1 saturated carbocycles. The van der Waals surface area contributed by atoms with Gasteiger partial charge in [0.1, 0.15) is 17.1 Å². The predicted octanol–water partition coefficient (Wildman–Crippen LogP) is 4.83. The minimum absolute atomic E-state index is 0.00930. The van der Waals surface area contributed by atoms with Crippen molar-refractivity contribution in [2.24, 2.45) is 5.92 Å². The van der Waals surface area contributed by atoms with Gasteiger partial charge in [-0.1, -0.05) is 42.0 Å². The average Bonchev–Trinajstić information content (AvgIpc) is 3.46. The van der Waals surface area contributed by atoms with Crippen LogP contribution in [0.4, 0.5) is 0 Å². The number of rotatable bonds is 7. The number of hydrogen-bond acceptors (Lipinski definition) is 7. The van der Waals surface area contributed by atoms with Gasteiger partial charge in [-0.15, -0.1) is 0 Å². The standard InChI is InChI=1S/C27H28O7S/c1-5-21-17(3)23-15-33-27(29)24(23)25(34-35(30,31)20-11-6-16(2)7-12-20)22(21)13-9-18-8-10-19(14-18)26(28)32-4/h5-7,9,11-12,19H,1,8,10,13-15H2,2-4H3/b18-9+. The first-order chi connectivity index (χ1) is 16.7. The second kappa shape index (κ2) is 9.70. The Morgan fingerprint density at radius 2 is 1.94 bits per heavy atom. The topological polar surface area (TPSA) is 96.0 Å². The Morgan fingerprint density at radius 1 is 1.23 bits per heavy atom. The van der Waals surface area contributed by atoms with Crippen molar-refractivity contribution in [2.45, 2.75) is 51.0 Å². The van der Waals surface area contributed by atoms with Crippen LogP contribution in [-0.2, 0) is 37.4 Å². The van der Waals surface area contributed by atoms with E-state index >= 15 is 0 Å². The van der Waals surface area contributed by atoms with Crippen LogP contribution in [0.25, 0.3) is 6.08 Å². The summed E-state index contributed by atoms with van der Waals surface area (Å²) in [6.45, 7) is 7.68. The number of aryl methyl sites for hydroxylation is 1. The average molecular weight is 497 g/mol. The molecule has 7 nitrogen and oxygen atoms in total. The molecule has 1 fully saturated rings. The first-order valence-corrected chi connectivity index (χ1v) is 12.8. The van der Waals surface area contributed by atoms with E-state index in [-0.39, 0.29) is 34.7 Å². The Kier molecular flexibility index (Phi) is 6.85. The molecule has 0 amide bonds. The molecule has 1 aliphatic carbocycles. The van der Waals surface area contributed by atoms with Crippen LogP contribution in [0.1, 0.15) is 57.4 Å². The van der Waals surface area contributed by atoms with Crippen molar-refractivity contribution >= 4 is 28.1 Å². The molecule has 184 valence electrons. The largest absolute Gasteiger partial charge is 0.469 e. The molecule has 35 heavy (non-hydrogen) atoms. The summed E-state index contributed by atoms with van der Waals surface area (Å²) < 4.78 is 42.2. The van der Waals surface area contributed by atoms with Crippen LogP contribution in [0, 0.1) is 19.8 Å². The SMILES string of the molecule is C=Cc1c(C)c2c(c(OS(=O)(=O)c3ccc(C)cc3)c1C/C=C1\CCC(C(=O)OC)C1)C(=O)OC2. The number of benzene rings is 2. The normalized spacial score (nSPS) is 18.3. The van der Waals surface area contributed by atoms with Crippen molar-refractivity contribution in [3.63, 3.8) is 0 Å². The number of fused-ring (bicyclic) bond motifs is 1. The molecule has 8 heteroatoms. The summed E-state index contributed by atoms with van der Waals surface area (Å²) in [5.41, 5.74) is 4.76. The number of cyclic esters (lactones) is 1. The van der Waals surface area contributed by atoms with E-state index in [4.69, 9.17) is 13.7 Å². The van der Waals surface area contributed by atoms with Gasteiger partial charge in [-0.3, -0.25) is 4.79 Å². The number of esters is 2. The van der Waals surface area contributed by atoms with E-state index < -0.39 is 16.1 Å². The molecule has 0 radical (unpaired) electrons. The van der Waals surface area contributed by atoms with Crippen LogP contribution in [0.15, 0.2) is 47.4 Å². The van der Waals surface area contributed by atoms with Crippen molar-refractivity contribution in [3.05, 3.63) is 75.9 Å². The van der Waals surface area contributed by atoms with Gasteiger partial charge in [0.25, 0.3) is 0 Å². The molecule has 1 atom stereocenters. The molecule has 0 spiro atoms. The number of carbonyl (C=O) groups is 2. The van der Waals surface area contributed by atoms with Crippen LogP contribution in [0.5, 0.6) is 5.75 Å². The first-order valence-electron chi connectivity index (χ1n) is 11.4. The molecule has 1 unspecified atom stereocenters. The molecule has 0 aromatic heterocycles. The van der Waals surface area contributed by atoms with Gasteiger partial charge < -0.3 is 13.7 Å². The van der Waals surface area contributed by atoms with Crippen molar-refractivity contribution in [1.82, 2.24) is 0 Å². The lowest BCUT2D eigenvalue weighted by atomic mass is 9.90. The van der Waals surface area contributed by atoms with Crippen LogP contribution in [0.3, 0.4) is 0 Å². The van der Waals surface area contributed by atoms with Crippen LogP contribution in [-0.4, -0.2) is 27.5 Å². The van der Waals surface area contributed by atoms with Crippen molar-refractivity contribution in [3.8, 4) is 5.75 Å². The van der Waals surface area contributed by atoms with E-state index in [0.29, 0.717) is 36.0 Å². The smallest absolute Gasteiger partial charge is 0.342 e. The van der Waals surface area contributed by atoms with E-state index in [9.17, 15) is 18.0 Å². The zero-order chi connectivity index (χ0) is 25.3. The van der Waals surface area contributed by atoms with Crippen molar-refractivity contribution in [1.29, 1.82) is 0 Å². The number of carbonyl (C=O) groups excluding carboxylic acids is 2. The minimum atomic E-state index is -4.22. The molecule has 1 heterocycles. The number of methoxy groups -OCH3 is 1. The Labute approximate surface area is 205 Å². The minimum Gasteiger partial charge on any atom is -0.469 e. The zero-order valence-electron chi connectivity index (χ0n) is 20.1. The second-order valence-electron chi connectivity index (χ2n) is 8.86. The van der Waals surface area contributed by atoms with Gasteiger partial charge in [-0.25, -0.2) is 4.79 Å². The summed E-state index contributed by atoms with van der Waals surface area (Å²) in [5, 5.41) is 0. The third-order valence-corrected chi connectivity index (χ3v) is 7.93. The molecule has 2 aromatic carbocycles. The quantitative estimate of drug-likeness (QED) is 0.308. The zero-order valence-corrected chi connectivity index (χ0v) is 20.9. The van der Waals surface area contributed by atoms with E-state index in [1.54, 1.807) is 18.2 Å². The highest BCUT2D eigenvalue weighted by Crippen LogP contribution is 2.41. The van der Waals surface area contributed by atoms with Gasteiger partial charge in [0, 0.05) is 11.1 Å². The third-order valence-electron chi connectivity index (χ3n) is 6.70.